The second-order valence-electron chi connectivity index (χ2n) is 3.31. The molecule has 1 aromatic carbocycles. The number of hydrogen-bond acceptors (Lipinski definition) is 3. The molecule has 0 atom stereocenters. The summed E-state index contributed by atoms with van der Waals surface area (Å²) >= 11 is 0. The molecule has 1 aromatic rings. The van der Waals surface area contributed by atoms with Gasteiger partial charge in [-0.2, -0.15) is 0 Å². The predicted molar refractivity (Wildman–Crippen MR) is 59.6 cm³/mol. The van der Waals surface area contributed by atoms with Gasteiger partial charge in [0.05, 0.1) is 13.7 Å². The third-order valence-corrected chi connectivity index (χ3v) is 2.09. The monoisotopic (exact) mass is 210 g/mol. The highest BCUT2D eigenvalue weighted by molar-refractivity contribution is 5.43. The lowest BCUT2D eigenvalue weighted by atomic mass is 10.1. The Labute approximate surface area is 90.6 Å². The van der Waals surface area contributed by atoms with Gasteiger partial charge in [-0.1, -0.05) is 13.0 Å². The molecule has 0 spiro atoms. The molecule has 0 bridgehead atoms. The molecule has 0 aromatic heterocycles. The van der Waals surface area contributed by atoms with Crippen molar-refractivity contribution in [2.75, 3.05) is 20.3 Å². The summed E-state index contributed by atoms with van der Waals surface area (Å²) < 4.78 is 10.7. The molecule has 0 aliphatic rings. The standard InChI is InChI=1S/C12H18O3/c1-3-8-15-12-9-10(6-7-13)4-5-11(12)14-2/h4-5,9,13H,3,6-8H2,1-2H3. The molecule has 1 rings (SSSR count). The fourth-order valence-corrected chi connectivity index (χ4v) is 1.33. The van der Waals surface area contributed by atoms with Gasteiger partial charge >= 0.3 is 0 Å². The Morgan fingerprint density at radius 3 is 2.67 bits per heavy atom. The van der Waals surface area contributed by atoms with Crippen LogP contribution in [0.3, 0.4) is 0 Å². The zero-order valence-corrected chi connectivity index (χ0v) is 9.32. The van der Waals surface area contributed by atoms with E-state index in [9.17, 15) is 0 Å². The van der Waals surface area contributed by atoms with E-state index in [2.05, 4.69) is 6.92 Å². The van der Waals surface area contributed by atoms with Crippen LogP contribution in [0.1, 0.15) is 18.9 Å². The van der Waals surface area contributed by atoms with Gasteiger partial charge in [-0.05, 0) is 30.5 Å². The van der Waals surface area contributed by atoms with Crippen molar-refractivity contribution < 1.29 is 14.6 Å². The Balaban J connectivity index is 2.81. The lowest BCUT2D eigenvalue weighted by molar-refractivity contribution is 0.290. The maximum absolute atomic E-state index is 8.84. The van der Waals surface area contributed by atoms with Crippen LogP contribution in [0.4, 0.5) is 0 Å². The van der Waals surface area contributed by atoms with E-state index in [4.69, 9.17) is 14.6 Å². The first kappa shape index (κ1) is 11.9. The fourth-order valence-electron chi connectivity index (χ4n) is 1.33. The molecule has 0 radical (unpaired) electrons. The van der Waals surface area contributed by atoms with Crippen LogP contribution >= 0.6 is 0 Å². The van der Waals surface area contributed by atoms with E-state index in [0.717, 1.165) is 23.5 Å². The van der Waals surface area contributed by atoms with Crippen molar-refractivity contribution in [2.24, 2.45) is 0 Å². The first-order chi connectivity index (χ1) is 7.31. The number of methoxy groups -OCH3 is 1. The second-order valence-corrected chi connectivity index (χ2v) is 3.31. The minimum Gasteiger partial charge on any atom is -0.493 e. The summed E-state index contributed by atoms with van der Waals surface area (Å²) in [7, 11) is 1.62. The van der Waals surface area contributed by atoms with Gasteiger partial charge in [0.25, 0.3) is 0 Å². The molecule has 3 nitrogen and oxygen atoms in total. The van der Waals surface area contributed by atoms with E-state index in [0.29, 0.717) is 13.0 Å². The summed E-state index contributed by atoms with van der Waals surface area (Å²) in [5.41, 5.74) is 1.06. The topological polar surface area (TPSA) is 38.7 Å². The van der Waals surface area contributed by atoms with E-state index >= 15 is 0 Å². The molecule has 0 saturated heterocycles. The predicted octanol–water partition coefficient (Wildman–Crippen LogP) is 2.02. The molecule has 0 saturated carbocycles. The van der Waals surface area contributed by atoms with Crippen molar-refractivity contribution in [3.8, 4) is 11.5 Å². The molecular weight excluding hydrogens is 192 g/mol. The van der Waals surface area contributed by atoms with Crippen LogP contribution in [0.2, 0.25) is 0 Å². The van der Waals surface area contributed by atoms with Crippen molar-refractivity contribution in [2.45, 2.75) is 19.8 Å². The van der Waals surface area contributed by atoms with Gasteiger partial charge in [-0.25, -0.2) is 0 Å². The Kier molecular flexibility index (Phi) is 4.98. The number of ether oxygens (including phenoxy) is 2. The number of aliphatic hydroxyl groups excluding tert-OH is 1. The van der Waals surface area contributed by atoms with Gasteiger partial charge in [0.15, 0.2) is 11.5 Å². The molecule has 0 aliphatic heterocycles. The zero-order chi connectivity index (χ0) is 11.1. The maximum Gasteiger partial charge on any atom is 0.161 e. The van der Waals surface area contributed by atoms with E-state index < -0.39 is 0 Å². The first-order valence-corrected chi connectivity index (χ1v) is 5.22. The summed E-state index contributed by atoms with van der Waals surface area (Å²) in [6.07, 6.45) is 1.61. The molecule has 0 heterocycles. The fraction of sp³-hybridized carbons (Fsp3) is 0.500. The van der Waals surface area contributed by atoms with Gasteiger partial charge < -0.3 is 14.6 Å². The molecule has 0 aliphatic carbocycles. The Hall–Kier alpha value is -1.22. The maximum atomic E-state index is 8.84. The van der Waals surface area contributed by atoms with E-state index in [1.165, 1.54) is 0 Å². The van der Waals surface area contributed by atoms with Gasteiger partial charge in [-0.3, -0.25) is 0 Å². The minimum atomic E-state index is 0.152. The molecule has 15 heavy (non-hydrogen) atoms. The van der Waals surface area contributed by atoms with Crippen LogP contribution in [-0.2, 0) is 6.42 Å². The molecule has 1 N–H and O–H groups in total. The summed E-state index contributed by atoms with van der Waals surface area (Å²) in [5, 5.41) is 8.84. The molecule has 0 fully saturated rings. The summed E-state index contributed by atoms with van der Waals surface area (Å²) in [4.78, 5) is 0. The summed E-state index contributed by atoms with van der Waals surface area (Å²) in [5.74, 6) is 1.50. The average molecular weight is 210 g/mol. The van der Waals surface area contributed by atoms with Gasteiger partial charge in [-0.15, -0.1) is 0 Å². The number of aliphatic hydroxyl groups is 1. The minimum absolute atomic E-state index is 0.152. The highest BCUT2D eigenvalue weighted by Crippen LogP contribution is 2.28. The Bertz CT molecular complexity index is 297. The first-order valence-electron chi connectivity index (χ1n) is 5.22. The van der Waals surface area contributed by atoms with Gasteiger partial charge in [0, 0.05) is 6.61 Å². The van der Waals surface area contributed by atoms with E-state index in [1.807, 2.05) is 18.2 Å². The van der Waals surface area contributed by atoms with Crippen LogP contribution in [0, 0.1) is 0 Å². The number of benzene rings is 1. The Morgan fingerprint density at radius 2 is 2.07 bits per heavy atom. The average Bonchev–Trinajstić information content (AvgIpc) is 2.27. The van der Waals surface area contributed by atoms with Crippen molar-refractivity contribution in [3.63, 3.8) is 0 Å². The highest BCUT2D eigenvalue weighted by atomic mass is 16.5. The van der Waals surface area contributed by atoms with Crippen molar-refractivity contribution >= 4 is 0 Å². The lowest BCUT2D eigenvalue weighted by Gasteiger charge is -2.11. The quantitative estimate of drug-likeness (QED) is 0.780. The summed E-state index contributed by atoms with van der Waals surface area (Å²) in [6, 6.07) is 5.73. The highest BCUT2D eigenvalue weighted by Gasteiger charge is 2.04. The molecule has 0 unspecified atom stereocenters. The third-order valence-electron chi connectivity index (χ3n) is 2.09. The van der Waals surface area contributed by atoms with Crippen LogP contribution in [0.5, 0.6) is 11.5 Å². The Morgan fingerprint density at radius 1 is 1.27 bits per heavy atom. The lowest BCUT2D eigenvalue weighted by Crippen LogP contribution is -1.99. The second kappa shape index (κ2) is 6.30. The normalized spacial score (nSPS) is 10.1. The molecule has 0 amide bonds. The van der Waals surface area contributed by atoms with Crippen LogP contribution < -0.4 is 9.47 Å². The largest absolute Gasteiger partial charge is 0.493 e. The van der Waals surface area contributed by atoms with E-state index in [-0.39, 0.29) is 6.61 Å². The summed E-state index contributed by atoms with van der Waals surface area (Å²) in [6.45, 7) is 2.89. The third kappa shape index (κ3) is 3.44. The van der Waals surface area contributed by atoms with E-state index in [1.54, 1.807) is 7.11 Å². The molecule has 84 valence electrons. The van der Waals surface area contributed by atoms with Crippen molar-refractivity contribution in [1.29, 1.82) is 0 Å². The number of hydrogen-bond donors (Lipinski definition) is 1. The van der Waals surface area contributed by atoms with Crippen LogP contribution in [-0.4, -0.2) is 25.4 Å². The smallest absolute Gasteiger partial charge is 0.161 e. The van der Waals surface area contributed by atoms with Crippen LogP contribution in [0.15, 0.2) is 18.2 Å². The van der Waals surface area contributed by atoms with Gasteiger partial charge in [0.1, 0.15) is 0 Å². The molecule has 3 heteroatoms. The zero-order valence-electron chi connectivity index (χ0n) is 9.32. The number of rotatable bonds is 6. The van der Waals surface area contributed by atoms with Crippen LogP contribution in [0.25, 0.3) is 0 Å². The molecular formula is C12H18O3. The van der Waals surface area contributed by atoms with Gasteiger partial charge in [0.2, 0.25) is 0 Å². The van der Waals surface area contributed by atoms with Crippen molar-refractivity contribution in [1.82, 2.24) is 0 Å². The SMILES string of the molecule is CCCOc1cc(CCO)ccc1OC. The van der Waals surface area contributed by atoms with Crippen molar-refractivity contribution in [3.05, 3.63) is 23.8 Å².